The third kappa shape index (κ3) is 2.85. The van der Waals surface area contributed by atoms with E-state index in [0.717, 1.165) is 57.6 Å². The van der Waals surface area contributed by atoms with E-state index in [1.165, 1.54) is 12.0 Å². The zero-order valence-electron chi connectivity index (χ0n) is 14.7. The number of fused-ring (bicyclic) bond motifs is 2. The first kappa shape index (κ1) is 16.6. The van der Waals surface area contributed by atoms with E-state index in [9.17, 15) is 4.79 Å². The molecule has 134 valence electrons. The van der Waals surface area contributed by atoms with E-state index < -0.39 is 0 Å². The summed E-state index contributed by atoms with van der Waals surface area (Å²) in [5.41, 5.74) is 5.97. The van der Waals surface area contributed by atoms with E-state index >= 15 is 0 Å². The third-order valence-electron chi connectivity index (χ3n) is 5.30. The van der Waals surface area contributed by atoms with Crippen LogP contribution in [-0.4, -0.2) is 5.91 Å². The van der Waals surface area contributed by atoms with Crippen LogP contribution >= 0.6 is 15.9 Å². The molecule has 2 heterocycles. The van der Waals surface area contributed by atoms with E-state index in [4.69, 9.17) is 4.42 Å². The molecule has 0 unspecified atom stereocenters. The van der Waals surface area contributed by atoms with Crippen LogP contribution in [0.15, 0.2) is 57.4 Å². The molecule has 2 aromatic carbocycles. The average Bonchev–Trinajstić information content (AvgIpc) is 3.20. The molecule has 0 spiro atoms. The molecule has 1 amide bonds. The number of rotatable bonds is 2. The van der Waals surface area contributed by atoms with Crippen molar-refractivity contribution in [1.82, 2.24) is 0 Å². The summed E-state index contributed by atoms with van der Waals surface area (Å²) in [5, 5.41) is 2.95. The number of carbonyl (C=O) groups excluding carboxylic acids is 1. The van der Waals surface area contributed by atoms with Gasteiger partial charge in [-0.3, -0.25) is 4.79 Å². The topological polar surface area (TPSA) is 42.2 Å². The summed E-state index contributed by atoms with van der Waals surface area (Å²) in [5.74, 6) is 1.77. The molecular formula is C23H18BrNO2. The van der Waals surface area contributed by atoms with Crippen molar-refractivity contribution >= 4 is 39.2 Å². The van der Waals surface area contributed by atoms with Crippen molar-refractivity contribution in [1.29, 1.82) is 0 Å². The minimum Gasteiger partial charge on any atom is -0.461 e. The van der Waals surface area contributed by atoms with Crippen molar-refractivity contribution < 1.29 is 9.21 Å². The molecule has 1 aliphatic heterocycles. The lowest BCUT2D eigenvalue weighted by Gasteiger charge is -2.11. The van der Waals surface area contributed by atoms with E-state index in [-0.39, 0.29) is 5.91 Å². The summed E-state index contributed by atoms with van der Waals surface area (Å²) in [4.78, 5) is 12.6. The molecule has 0 atom stereocenters. The van der Waals surface area contributed by atoms with Gasteiger partial charge in [-0.25, -0.2) is 0 Å². The number of anilines is 1. The van der Waals surface area contributed by atoms with E-state index in [1.807, 2.05) is 42.5 Å². The minimum atomic E-state index is -0.0866. The van der Waals surface area contributed by atoms with Crippen LogP contribution in [0, 0.1) is 0 Å². The summed E-state index contributed by atoms with van der Waals surface area (Å²) in [6.45, 7) is 0. The SMILES string of the molecule is O=C1Nc2ccc(Br)cc2C1=Cc1oc2c(c1-c1ccccc1)CCCC2. The Morgan fingerprint density at radius 3 is 2.70 bits per heavy atom. The molecule has 0 bridgehead atoms. The van der Waals surface area contributed by atoms with Gasteiger partial charge < -0.3 is 9.73 Å². The van der Waals surface area contributed by atoms with Crippen molar-refractivity contribution in [3.8, 4) is 11.1 Å². The Bertz CT molecular complexity index is 1080. The first-order valence-corrected chi connectivity index (χ1v) is 10.0. The molecule has 1 aliphatic carbocycles. The van der Waals surface area contributed by atoms with Gasteiger partial charge in [0.2, 0.25) is 0 Å². The minimum absolute atomic E-state index is 0.0866. The predicted octanol–water partition coefficient (Wildman–Crippen LogP) is 6.08. The molecule has 2 aliphatic rings. The number of hydrogen-bond acceptors (Lipinski definition) is 2. The summed E-state index contributed by atoms with van der Waals surface area (Å²) in [7, 11) is 0. The van der Waals surface area contributed by atoms with Crippen molar-refractivity contribution in [2.75, 3.05) is 5.32 Å². The molecule has 5 rings (SSSR count). The Labute approximate surface area is 166 Å². The molecule has 3 aromatic rings. The Balaban J connectivity index is 1.71. The van der Waals surface area contributed by atoms with E-state index in [1.54, 1.807) is 0 Å². The lowest BCUT2D eigenvalue weighted by Crippen LogP contribution is -2.03. The largest absolute Gasteiger partial charge is 0.461 e. The van der Waals surface area contributed by atoms with Crippen LogP contribution < -0.4 is 5.32 Å². The van der Waals surface area contributed by atoms with Crippen LogP contribution in [-0.2, 0) is 17.6 Å². The normalized spacial score (nSPS) is 16.9. The lowest BCUT2D eigenvalue weighted by molar-refractivity contribution is -0.110. The molecule has 27 heavy (non-hydrogen) atoms. The highest BCUT2D eigenvalue weighted by molar-refractivity contribution is 9.10. The highest BCUT2D eigenvalue weighted by Gasteiger charge is 2.27. The monoisotopic (exact) mass is 419 g/mol. The molecule has 0 fully saturated rings. The summed E-state index contributed by atoms with van der Waals surface area (Å²) in [6, 6.07) is 16.2. The fourth-order valence-electron chi connectivity index (χ4n) is 4.04. The van der Waals surface area contributed by atoms with Gasteiger partial charge in [0.1, 0.15) is 11.5 Å². The number of halogens is 1. The maximum absolute atomic E-state index is 12.6. The quantitative estimate of drug-likeness (QED) is 0.511. The highest BCUT2D eigenvalue weighted by Crippen LogP contribution is 2.41. The van der Waals surface area contributed by atoms with Crippen molar-refractivity contribution in [3.63, 3.8) is 0 Å². The van der Waals surface area contributed by atoms with Crippen molar-refractivity contribution in [3.05, 3.63) is 75.7 Å². The smallest absolute Gasteiger partial charge is 0.256 e. The number of benzene rings is 2. The Kier molecular flexibility index (Phi) is 4.01. The van der Waals surface area contributed by atoms with E-state index in [0.29, 0.717) is 5.57 Å². The molecule has 0 saturated carbocycles. The average molecular weight is 420 g/mol. The van der Waals surface area contributed by atoms with Crippen LogP contribution in [0.3, 0.4) is 0 Å². The first-order chi connectivity index (χ1) is 13.2. The first-order valence-electron chi connectivity index (χ1n) is 9.23. The third-order valence-corrected chi connectivity index (χ3v) is 5.79. The molecule has 0 saturated heterocycles. The predicted molar refractivity (Wildman–Crippen MR) is 111 cm³/mol. The Morgan fingerprint density at radius 2 is 1.85 bits per heavy atom. The van der Waals surface area contributed by atoms with Crippen LogP contribution in [0.25, 0.3) is 22.8 Å². The number of hydrogen-bond donors (Lipinski definition) is 1. The number of aryl methyl sites for hydroxylation is 1. The van der Waals surface area contributed by atoms with Gasteiger partial charge in [0, 0.05) is 33.3 Å². The second-order valence-corrected chi connectivity index (χ2v) is 7.93. The van der Waals surface area contributed by atoms with Gasteiger partial charge in [0.15, 0.2) is 0 Å². The van der Waals surface area contributed by atoms with Crippen molar-refractivity contribution in [2.24, 2.45) is 0 Å². The van der Waals surface area contributed by atoms with Crippen LogP contribution in [0.1, 0.15) is 35.5 Å². The second-order valence-electron chi connectivity index (χ2n) is 7.02. The summed E-state index contributed by atoms with van der Waals surface area (Å²) in [6.07, 6.45) is 6.24. The van der Waals surface area contributed by atoms with Crippen molar-refractivity contribution in [2.45, 2.75) is 25.7 Å². The van der Waals surface area contributed by atoms with Crippen LogP contribution in [0.4, 0.5) is 5.69 Å². The Morgan fingerprint density at radius 1 is 1.04 bits per heavy atom. The van der Waals surface area contributed by atoms with Crippen LogP contribution in [0.2, 0.25) is 0 Å². The molecule has 3 nitrogen and oxygen atoms in total. The number of furan rings is 1. The zero-order valence-corrected chi connectivity index (χ0v) is 16.3. The number of carbonyl (C=O) groups is 1. The number of amides is 1. The molecule has 4 heteroatoms. The fraction of sp³-hybridized carbons (Fsp3) is 0.174. The van der Waals surface area contributed by atoms with Gasteiger partial charge in [0.25, 0.3) is 5.91 Å². The van der Waals surface area contributed by atoms with Gasteiger partial charge in [0.05, 0.1) is 5.57 Å². The molecule has 1 N–H and O–H groups in total. The summed E-state index contributed by atoms with van der Waals surface area (Å²) >= 11 is 3.51. The highest BCUT2D eigenvalue weighted by atomic mass is 79.9. The molecule has 1 aromatic heterocycles. The van der Waals surface area contributed by atoms with Gasteiger partial charge in [-0.2, -0.15) is 0 Å². The summed E-state index contributed by atoms with van der Waals surface area (Å²) < 4.78 is 7.23. The number of nitrogens with one attached hydrogen (secondary N) is 1. The van der Waals surface area contributed by atoms with Gasteiger partial charge in [-0.15, -0.1) is 0 Å². The van der Waals surface area contributed by atoms with E-state index in [2.05, 4.69) is 33.4 Å². The zero-order chi connectivity index (χ0) is 18.4. The standard InChI is InChI=1S/C23H18BrNO2/c24-15-10-11-19-17(12-15)18(23(26)25-19)13-21-22(14-6-2-1-3-7-14)16-8-4-5-9-20(16)27-21/h1-3,6-7,10-13H,4-5,8-9H2,(H,25,26). The second kappa shape index (κ2) is 6.54. The maximum Gasteiger partial charge on any atom is 0.256 e. The lowest BCUT2D eigenvalue weighted by atomic mass is 9.91. The van der Waals surface area contributed by atoms with Gasteiger partial charge >= 0.3 is 0 Å². The van der Waals surface area contributed by atoms with Gasteiger partial charge in [-0.05, 0) is 49.1 Å². The molecular weight excluding hydrogens is 402 g/mol. The fourth-order valence-corrected chi connectivity index (χ4v) is 4.41. The van der Waals surface area contributed by atoms with Crippen LogP contribution in [0.5, 0.6) is 0 Å². The Hall–Kier alpha value is -2.59. The van der Waals surface area contributed by atoms with Gasteiger partial charge in [-0.1, -0.05) is 46.3 Å². The molecule has 0 radical (unpaired) electrons. The maximum atomic E-state index is 12.6.